The molecule has 0 aliphatic carbocycles. The van der Waals surface area contributed by atoms with Crippen molar-refractivity contribution in [1.29, 1.82) is 0 Å². The first-order valence-corrected chi connectivity index (χ1v) is 7.80. The Morgan fingerprint density at radius 1 is 1.14 bits per heavy atom. The highest BCUT2D eigenvalue weighted by molar-refractivity contribution is 5.91. The first-order chi connectivity index (χ1) is 10.6. The highest BCUT2D eigenvalue weighted by Crippen LogP contribution is 2.13. The molecule has 0 fully saturated rings. The number of non-ortho nitro benzene ring substituents is 1. The van der Waals surface area contributed by atoms with E-state index in [-0.39, 0.29) is 11.6 Å². The first-order valence-electron chi connectivity index (χ1n) is 7.80. The van der Waals surface area contributed by atoms with Crippen LogP contribution < -0.4 is 0 Å². The number of unbranched alkanes of at least 4 members (excludes halogenated alkanes) is 2. The fourth-order valence-corrected chi connectivity index (χ4v) is 2.01. The Kier molecular flexibility index (Phi) is 7.89. The molecule has 0 atom stereocenters. The van der Waals surface area contributed by atoms with Gasteiger partial charge in [-0.25, -0.2) is 0 Å². The van der Waals surface area contributed by atoms with Crippen LogP contribution in [-0.2, 0) is 4.79 Å². The summed E-state index contributed by atoms with van der Waals surface area (Å²) in [6.07, 6.45) is 7.37. The molecule has 0 aliphatic heterocycles. The highest BCUT2D eigenvalue weighted by Gasteiger charge is 2.09. The van der Waals surface area contributed by atoms with Crippen LogP contribution in [0.25, 0.3) is 6.08 Å². The van der Waals surface area contributed by atoms with E-state index in [0.29, 0.717) is 0 Å². The van der Waals surface area contributed by atoms with Crippen molar-refractivity contribution in [3.63, 3.8) is 0 Å². The number of rotatable bonds is 9. The molecule has 0 bridgehead atoms. The van der Waals surface area contributed by atoms with Gasteiger partial charge in [0.05, 0.1) is 4.92 Å². The molecular formula is C17H24N2O3. The van der Waals surface area contributed by atoms with Gasteiger partial charge in [0.2, 0.25) is 5.91 Å². The normalized spacial score (nSPS) is 10.8. The monoisotopic (exact) mass is 304 g/mol. The maximum atomic E-state index is 12.2. The lowest BCUT2D eigenvalue weighted by Crippen LogP contribution is -2.31. The fourth-order valence-electron chi connectivity index (χ4n) is 2.01. The van der Waals surface area contributed by atoms with Crippen LogP contribution in [0.3, 0.4) is 0 Å². The fraction of sp³-hybridized carbons (Fsp3) is 0.471. The van der Waals surface area contributed by atoms with Gasteiger partial charge in [-0.05, 0) is 36.6 Å². The van der Waals surface area contributed by atoms with Gasteiger partial charge in [-0.2, -0.15) is 0 Å². The van der Waals surface area contributed by atoms with Crippen LogP contribution in [0.1, 0.15) is 45.1 Å². The average Bonchev–Trinajstić information content (AvgIpc) is 2.53. The zero-order valence-electron chi connectivity index (χ0n) is 13.3. The minimum atomic E-state index is -0.435. The number of hydrogen-bond acceptors (Lipinski definition) is 3. The van der Waals surface area contributed by atoms with Gasteiger partial charge in [0.15, 0.2) is 0 Å². The lowest BCUT2D eigenvalue weighted by molar-refractivity contribution is -0.384. The van der Waals surface area contributed by atoms with Crippen LogP contribution in [0.15, 0.2) is 30.3 Å². The van der Waals surface area contributed by atoms with Gasteiger partial charge in [0.25, 0.3) is 5.69 Å². The predicted octanol–water partition coefficient (Wildman–Crippen LogP) is 4.04. The number of carbonyl (C=O) groups is 1. The van der Waals surface area contributed by atoms with Crippen LogP contribution in [0.5, 0.6) is 0 Å². The number of benzene rings is 1. The van der Waals surface area contributed by atoms with Crippen molar-refractivity contribution < 1.29 is 9.72 Å². The summed E-state index contributed by atoms with van der Waals surface area (Å²) in [5.41, 5.74) is 0.834. The Morgan fingerprint density at radius 2 is 1.68 bits per heavy atom. The van der Waals surface area contributed by atoms with Gasteiger partial charge in [-0.3, -0.25) is 14.9 Å². The Morgan fingerprint density at radius 3 is 2.14 bits per heavy atom. The maximum Gasteiger partial charge on any atom is 0.269 e. The van der Waals surface area contributed by atoms with E-state index in [1.807, 2.05) is 4.90 Å². The van der Waals surface area contributed by atoms with E-state index in [0.717, 1.165) is 44.3 Å². The van der Waals surface area contributed by atoms with E-state index in [4.69, 9.17) is 0 Å². The number of carbonyl (C=O) groups excluding carboxylic acids is 1. The van der Waals surface area contributed by atoms with E-state index >= 15 is 0 Å². The summed E-state index contributed by atoms with van der Waals surface area (Å²) in [4.78, 5) is 24.3. The van der Waals surface area contributed by atoms with Crippen molar-refractivity contribution in [3.05, 3.63) is 46.0 Å². The van der Waals surface area contributed by atoms with E-state index in [2.05, 4.69) is 13.8 Å². The summed E-state index contributed by atoms with van der Waals surface area (Å²) in [5, 5.41) is 10.6. The molecule has 0 aliphatic rings. The molecule has 5 nitrogen and oxygen atoms in total. The SMILES string of the molecule is CCCCN(CCCC)C(=O)/C=C/c1ccc([N+](=O)[O-])cc1. The van der Waals surface area contributed by atoms with Crippen LogP contribution in [0.4, 0.5) is 5.69 Å². The summed E-state index contributed by atoms with van der Waals surface area (Å²) in [5.74, 6) is 0.000234. The van der Waals surface area contributed by atoms with Crippen molar-refractivity contribution in [2.45, 2.75) is 39.5 Å². The molecule has 0 unspecified atom stereocenters. The number of nitrogens with zero attached hydrogens (tertiary/aromatic N) is 2. The van der Waals surface area contributed by atoms with Crippen molar-refractivity contribution in [3.8, 4) is 0 Å². The third-order valence-electron chi connectivity index (χ3n) is 3.40. The minimum Gasteiger partial charge on any atom is -0.339 e. The summed E-state index contributed by atoms with van der Waals surface area (Å²) in [7, 11) is 0. The van der Waals surface area contributed by atoms with Gasteiger partial charge < -0.3 is 4.90 Å². The summed E-state index contributed by atoms with van der Waals surface area (Å²) in [6, 6.07) is 6.17. The molecule has 0 saturated heterocycles. The van der Waals surface area contributed by atoms with E-state index < -0.39 is 4.92 Å². The predicted molar refractivity (Wildman–Crippen MR) is 88.5 cm³/mol. The second-order valence-electron chi connectivity index (χ2n) is 5.21. The molecule has 1 rings (SSSR count). The second kappa shape index (κ2) is 9.71. The quantitative estimate of drug-likeness (QED) is 0.393. The Bertz CT molecular complexity index is 501. The van der Waals surface area contributed by atoms with Gasteiger partial charge in [-0.15, -0.1) is 0 Å². The summed E-state index contributed by atoms with van der Waals surface area (Å²) >= 11 is 0. The third kappa shape index (κ3) is 6.08. The zero-order chi connectivity index (χ0) is 16.4. The van der Waals surface area contributed by atoms with Crippen LogP contribution in [0.2, 0.25) is 0 Å². The molecule has 0 saturated carbocycles. The molecule has 1 aromatic rings. The average molecular weight is 304 g/mol. The van der Waals surface area contributed by atoms with Crippen molar-refractivity contribution in [1.82, 2.24) is 4.90 Å². The third-order valence-corrected chi connectivity index (χ3v) is 3.40. The number of nitro groups is 1. The molecule has 5 heteroatoms. The molecule has 0 aromatic heterocycles. The number of nitro benzene ring substituents is 1. The standard InChI is InChI=1S/C17H24N2O3/c1-3-5-13-18(14-6-4-2)17(20)12-9-15-7-10-16(11-8-15)19(21)22/h7-12H,3-6,13-14H2,1-2H3/b12-9+. The molecule has 0 heterocycles. The summed E-state index contributed by atoms with van der Waals surface area (Å²) in [6.45, 7) is 5.77. The number of hydrogen-bond donors (Lipinski definition) is 0. The number of amides is 1. The van der Waals surface area contributed by atoms with Gasteiger partial charge in [0.1, 0.15) is 0 Å². The Hall–Kier alpha value is -2.17. The van der Waals surface area contributed by atoms with Crippen molar-refractivity contribution in [2.75, 3.05) is 13.1 Å². The van der Waals surface area contributed by atoms with E-state index in [1.165, 1.54) is 12.1 Å². The summed E-state index contributed by atoms with van der Waals surface area (Å²) < 4.78 is 0. The van der Waals surface area contributed by atoms with Gasteiger partial charge in [0, 0.05) is 31.3 Å². The largest absolute Gasteiger partial charge is 0.339 e. The molecule has 1 aromatic carbocycles. The van der Waals surface area contributed by atoms with Gasteiger partial charge >= 0.3 is 0 Å². The molecule has 120 valence electrons. The molecule has 1 amide bonds. The zero-order valence-corrected chi connectivity index (χ0v) is 13.3. The lowest BCUT2D eigenvalue weighted by atomic mass is 10.2. The minimum absolute atomic E-state index is 0.000234. The smallest absolute Gasteiger partial charge is 0.269 e. The molecule has 0 spiro atoms. The molecule has 0 radical (unpaired) electrons. The molecule has 22 heavy (non-hydrogen) atoms. The lowest BCUT2D eigenvalue weighted by Gasteiger charge is -2.20. The van der Waals surface area contributed by atoms with E-state index in [1.54, 1.807) is 24.3 Å². The topological polar surface area (TPSA) is 63.5 Å². The van der Waals surface area contributed by atoms with E-state index in [9.17, 15) is 14.9 Å². The van der Waals surface area contributed by atoms with Crippen LogP contribution >= 0.6 is 0 Å². The highest BCUT2D eigenvalue weighted by atomic mass is 16.6. The second-order valence-corrected chi connectivity index (χ2v) is 5.21. The molecular weight excluding hydrogens is 280 g/mol. The maximum absolute atomic E-state index is 12.2. The molecule has 0 N–H and O–H groups in total. The van der Waals surface area contributed by atoms with Crippen molar-refractivity contribution >= 4 is 17.7 Å². The van der Waals surface area contributed by atoms with Gasteiger partial charge in [-0.1, -0.05) is 26.7 Å². The Labute approximate surface area is 131 Å². The van der Waals surface area contributed by atoms with Crippen molar-refractivity contribution in [2.24, 2.45) is 0 Å². The Balaban J connectivity index is 2.67. The first kappa shape index (κ1) is 17.9. The van der Waals surface area contributed by atoms with Crippen LogP contribution in [-0.4, -0.2) is 28.8 Å². The van der Waals surface area contributed by atoms with Crippen LogP contribution in [0, 0.1) is 10.1 Å².